The Morgan fingerprint density at radius 2 is 1.22 bits per heavy atom. The normalized spacial score (nSPS) is 12.2. The zero-order valence-electron chi connectivity index (χ0n) is 36.0. The van der Waals surface area contributed by atoms with Crippen LogP contribution in [-0.2, 0) is 52.2 Å². The van der Waals surface area contributed by atoms with E-state index in [1.165, 1.54) is 16.5 Å². The van der Waals surface area contributed by atoms with Crippen molar-refractivity contribution in [3.63, 3.8) is 0 Å². The number of anilines is 1. The number of amides is 2. The van der Waals surface area contributed by atoms with Crippen LogP contribution in [0.2, 0.25) is 0 Å². The number of carbonyl (C=O) groups is 2. The summed E-state index contributed by atoms with van der Waals surface area (Å²) in [5.74, 6) is -0.270. The summed E-state index contributed by atoms with van der Waals surface area (Å²) < 4.78 is 46.6. The number of thiocarbonyl (C=S) groups is 1. The first-order valence-electron chi connectivity index (χ1n) is 19.6. The van der Waals surface area contributed by atoms with Crippen LogP contribution in [-0.4, -0.2) is 171 Å². The maximum atomic E-state index is 11.6. The summed E-state index contributed by atoms with van der Waals surface area (Å²) in [5.41, 5.74) is 9.53. The molecule has 2 rings (SSSR count). The van der Waals surface area contributed by atoms with Crippen molar-refractivity contribution >= 4 is 34.7 Å². The number of rotatable bonds is 35. The fourth-order valence-electron chi connectivity index (χ4n) is 4.33. The van der Waals surface area contributed by atoms with Gasteiger partial charge in [0.15, 0.2) is 0 Å². The molecule has 2 amide bonds. The zero-order chi connectivity index (χ0) is 42.9. The van der Waals surface area contributed by atoms with Crippen molar-refractivity contribution in [2.24, 2.45) is 5.22 Å². The van der Waals surface area contributed by atoms with Crippen LogP contribution in [0, 0.1) is 33.2 Å². The van der Waals surface area contributed by atoms with E-state index in [9.17, 15) is 9.59 Å². The van der Waals surface area contributed by atoms with E-state index in [1.54, 1.807) is 11.1 Å². The molecule has 0 radical (unpaired) electrons. The Morgan fingerprint density at radius 3 is 1.66 bits per heavy atom. The quantitative estimate of drug-likeness (QED) is 0.0167. The second-order valence-corrected chi connectivity index (χ2v) is 12.2. The van der Waals surface area contributed by atoms with E-state index in [1.807, 2.05) is 45.0 Å². The minimum atomic E-state index is -0.145. The van der Waals surface area contributed by atoms with Gasteiger partial charge in [0.1, 0.15) is 11.2 Å². The molecule has 1 unspecified atom stereocenters. The Labute approximate surface area is 370 Å². The van der Waals surface area contributed by atoms with E-state index in [4.69, 9.17) is 60.4 Å². The standard InChI is InChI=1S/C17H29N4O3.C15H23N2O5S.C8H17O3.Li/c1-4-22-11-12-24-14-13-23-10-9-21(20-18)16(3)19-17-7-5-15(2)6-8-17;1-2-20-9-10-22-12-11-21-8-5-13(18)16-6-7-17-14(19)3-4-15(17)23;1-3-9-5-7-11-8-6-10-4-2;/h5-8,16,18-19H,1,4,9-14H2,2-3H3;3-4H,1-2,5-12H2,(H,16,18);1,3-8H2,2H3;/q3*-1;+1. The molecule has 0 spiro atoms. The van der Waals surface area contributed by atoms with E-state index in [2.05, 4.69) is 36.6 Å². The Kier molecular flexibility index (Phi) is 43.2. The number of carbonyl (C=O) groups excluding carboxylic acids is 2. The van der Waals surface area contributed by atoms with E-state index < -0.39 is 0 Å². The summed E-state index contributed by atoms with van der Waals surface area (Å²) in [6.45, 7) is 27.5. The first kappa shape index (κ1) is 58.5. The summed E-state index contributed by atoms with van der Waals surface area (Å²) in [6.07, 6.45) is 3.18. The van der Waals surface area contributed by atoms with Gasteiger partial charge in [0.25, 0.3) is 5.91 Å². The zero-order valence-corrected chi connectivity index (χ0v) is 36.8. The summed E-state index contributed by atoms with van der Waals surface area (Å²) in [4.78, 5) is 24.9. The Hall–Kier alpha value is -2.57. The fraction of sp³-hybridized carbons (Fsp3) is 0.650. The van der Waals surface area contributed by atoms with Gasteiger partial charge in [-0.05, 0) is 39.0 Å². The van der Waals surface area contributed by atoms with Gasteiger partial charge >= 0.3 is 18.9 Å². The number of aryl methyl sites for hydroxylation is 1. The fourth-order valence-corrected chi connectivity index (χ4v) is 4.58. The van der Waals surface area contributed by atoms with Crippen molar-refractivity contribution in [1.29, 1.82) is 5.53 Å². The van der Waals surface area contributed by atoms with Gasteiger partial charge in [-0.1, -0.05) is 55.0 Å². The molecule has 3 N–H and O–H groups in total. The molecule has 0 fully saturated rings. The number of hydrogen-bond acceptors (Lipinski definition) is 15. The van der Waals surface area contributed by atoms with Crippen molar-refractivity contribution in [3.8, 4) is 0 Å². The van der Waals surface area contributed by atoms with Crippen LogP contribution < -0.4 is 29.5 Å². The summed E-state index contributed by atoms with van der Waals surface area (Å²) in [7, 11) is 0. The summed E-state index contributed by atoms with van der Waals surface area (Å²) in [6, 6.07) is 8.12. The third kappa shape index (κ3) is 35.9. The van der Waals surface area contributed by atoms with Gasteiger partial charge in [0, 0.05) is 37.9 Å². The molecule has 1 aliphatic heterocycles. The maximum absolute atomic E-state index is 11.6. The molecule has 334 valence electrons. The topological polar surface area (TPSA) is 184 Å². The Morgan fingerprint density at radius 1 is 0.763 bits per heavy atom. The van der Waals surface area contributed by atoms with Gasteiger partial charge in [-0.2, -0.15) is 5.53 Å². The smallest absolute Gasteiger partial charge is 0.411 e. The van der Waals surface area contributed by atoms with Gasteiger partial charge in [-0.3, -0.25) is 19.5 Å². The summed E-state index contributed by atoms with van der Waals surface area (Å²) in [5, 5.41) is 11.2. The molecular weight excluding hydrogens is 779 g/mol. The van der Waals surface area contributed by atoms with Crippen molar-refractivity contribution < 1.29 is 71.1 Å². The monoisotopic (exact) mass is 848 g/mol. The van der Waals surface area contributed by atoms with E-state index in [0.29, 0.717) is 137 Å². The van der Waals surface area contributed by atoms with Crippen LogP contribution >= 0.6 is 12.2 Å². The van der Waals surface area contributed by atoms with Gasteiger partial charge in [0.05, 0.1) is 99.0 Å². The van der Waals surface area contributed by atoms with E-state index in [-0.39, 0.29) is 43.3 Å². The first-order chi connectivity index (χ1) is 28.2. The van der Waals surface area contributed by atoms with Crippen molar-refractivity contribution in [3.05, 3.63) is 62.8 Å². The number of nitrogens with one attached hydrogen (secondary N) is 3. The Bertz CT molecular complexity index is 1170. The average Bonchev–Trinajstić information content (AvgIpc) is 3.54. The van der Waals surface area contributed by atoms with Gasteiger partial charge in [0.2, 0.25) is 5.91 Å². The number of nitrogens with zero attached hydrogens (tertiary/aromatic N) is 3. The molecule has 0 saturated heterocycles. The second kappa shape index (κ2) is 43.5. The van der Waals surface area contributed by atoms with Gasteiger partial charge in [-0.25, -0.2) is 0 Å². The molecule has 1 aromatic carbocycles. The van der Waals surface area contributed by atoms with Crippen molar-refractivity contribution in [1.82, 2.24) is 15.2 Å². The summed E-state index contributed by atoms with van der Waals surface area (Å²) >= 11 is 5.00. The van der Waals surface area contributed by atoms with Crippen molar-refractivity contribution in [2.45, 2.75) is 33.4 Å². The molecule has 0 saturated carbocycles. The predicted octanol–water partition coefficient (Wildman–Crippen LogP) is 0.881. The van der Waals surface area contributed by atoms with Crippen LogP contribution in [0.3, 0.4) is 0 Å². The minimum absolute atomic E-state index is 0. The van der Waals surface area contributed by atoms with Gasteiger partial charge in [-0.15, -0.1) is 0 Å². The molecule has 17 nitrogen and oxygen atoms in total. The van der Waals surface area contributed by atoms with Crippen LogP contribution in [0.25, 0.3) is 0 Å². The Balaban J connectivity index is 0. The van der Waals surface area contributed by atoms with E-state index in [0.717, 1.165) is 12.3 Å². The molecule has 1 heterocycles. The maximum Gasteiger partial charge on any atom is 1.00 e. The largest absolute Gasteiger partial charge is 1.00 e. The minimum Gasteiger partial charge on any atom is -0.411 e. The predicted molar refractivity (Wildman–Crippen MR) is 226 cm³/mol. The third-order valence-electron chi connectivity index (χ3n) is 7.37. The molecule has 59 heavy (non-hydrogen) atoms. The number of ether oxygens (including phenoxy) is 9. The first-order valence-corrected chi connectivity index (χ1v) is 20.0. The van der Waals surface area contributed by atoms with Crippen molar-refractivity contribution in [2.75, 3.05) is 144 Å². The molecule has 19 heteroatoms. The molecule has 0 aromatic heterocycles. The molecular formula is C40H69LiN6O11S-2. The molecule has 1 aromatic rings. The van der Waals surface area contributed by atoms with Crippen LogP contribution in [0.1, 0.15) is 25.8 Å². The average molecular weight is 849 g/mol. The van der Waals surface area contributed by atoms with E-state index >= 15 is 0 Å². The molecule has 0 bridgehead atoms. The number of hydrogen-bond donors (Lipinski definition) is 3. The molecule has 1 atom stereocenters. The molecule has 1 aliphatic rings. The molecule has 0 aliphatic carbocycles. The van der Waals surface area contributed by atoms with Crippen LogP contribution in [0.4, 0.5) is 5.69 Å². The van der Waals surface area contributed by atoms with Crippen LogP contribution in [0.5, 0.6) is 0 Å². The number of benzene rings is 1. The van der Waals surface area contributed by atoms with Crippen LogP contribution in [0.15, 0.2) is 41.6 Å². The second-order valence-electron chi connectivity index (χ2n) is 11.8. The van der Waals surface area contributed by atoms with Gasteiger partial charge < -0.3 is 74.0 Å². The SMILES string of the molecule is [CH2-]COCCOCCOCC.[CH2-]COCCOCCOCCC(=O)NCCN1C(=O)C=CC1=S.[CH2-]COCCOCCOCCN(N=N)C(C)Nc1ccc(C)cc1.[Li+]. The third-order valence-corrected chi connectivity index (χ3v) is 7.72.